The minimum absolute atomic E-state index is 0.0608. The van der Waals surface area contributed by atoms with E-state index in [0.29, 0.717) is 22.4 Å². The Morgan fingerprint density at radius 1 is 0.806 bits per heavy atom. The van der Waals surface area contributed by atoms with E-state index in [1.807, 2.05) is 95.9 Å². The molecule has 2 fully saturated rings. The fourth-order valence-corrected chi connectivity index (χ4v) is 9.83. The largest absolute Gasteiger partial charge is 0.491 e. The van der Waals surface area contributed by atoms with Crippen molar-refractivity contribution in [1.82, 2.24) is 10.2 Å². The highest BCUT2D eigenvalue weighted by molar-refractivity contribution is 6.24. The lowest BCUT2D eigenvalue weighted by molar-refractivity contribution is -0.178. The third-order valence-corrected chi connectivity index (χ3v) is 12.7. The Morgan fingerprint density at radius 3 is 2.06 bits per heavy atom. The molecule has 8 rings (SSSR count). The Labute approximate surface area is 386 Å². The van der Waals surface area contributed by atoms with E-state index in [-0.39, 0.29) is 36.4 Å². The average molecular weight is 905 g/mol. The third kappa shape index (κ3) is 8.26. The second kappa shape index (κ2) is 19.4. The van der Waals surface area contributed by atoms with Crippen LogP contribution in [-0.4, -0.2) is 79.2 Å². The standard InChI is InChI=1S/C52H48N4O11/c1-31(33-16-7-4-8-17-33)54-51(63)55-40-26-25-32(15-13-24-38(47(59)64-2)48(60)65-3)29-39(40)52(50(55)62)41(46(53)58)43-49(61)67-44(35-20-11-6-12-21-35)42(34-18-9-5-10-19-34)56(43)45(52)36-22-14-23-37(30-36)66-28-27-57/h4-12,14,16-23,25-26,29-31,38,41-45,57H,24,27-28H2,1-3H3,(H2,53,58)(H,54,63). The number of aliphatic hydroxyl groups excluding tert-OH is 1. The molecule has 0 saturated carbocycles. The van der Waals surface area contributed by atoms with Gasteiger partial charge in [-0.3, -0.25) is 28.9 Å². The Morgan fingerprint density at radius 2 is 1.43 bits per heavy atom. The van der Waals surface area contributed by atoms with Crippen molar-refractivity contribution < 1.29 is 52.8 Å². The van der Waals surface area contributed by atoms with Gasteiger partial charge >= 0.3 is 23.9 Å². The number of nitrogens with zero attached hydrogens (tertiary/aromatic N) is 2. The lowest BCUT2D eigenvalue weighted by Gasteiger charge is -2.46. The number of hydrogen-bond donors (Lipinski definition) is 3. The predicted octanol–water partition coefficient (Wildman–Crippen LogP) is 5.38. The summed E-state index contributed by atoms with van der Waals surface area (Å²) in [6, 6.07) is 34.0. The molecule has 3 aliphatic heterocycles. The minimum atomic E-state index is -2.15. The van der Waals surface area contributed by atoms with Crippen LogP contribution in [0.15, 0.2) is 133 Å². The lowest BCUT2D eigenvalue weighted by Crippen LogP contribution is -2.55. The van der Waals surface area contributed by atoms with Gasteiger partial charge in [0.25, 0.3) is 0 Å². The molecule has 0 aliphatic carbocycles. The molecule has 67 heavy (non-hydrogen) atoms. The summed E-state index contributed by atoms with van der Waals surface area (Å²) in [6.07, 6.45) is -1.26. The number of morpholine rings is 1. The minimum Gasteiger partial charge on any atom is -0.491 e. The van der Waals surface area contributed by atoms with Crippen LogP contribution in [0.25, 0.3) is 0 Å². The molecule has 7 atom stereocenters. The maximum absolute atomic E-state index is 16.3. The monoisotopic (exact) mass is 904 g/mol. The van der Waals surface area contributed by atoms with E-state index in [9.17, 15) is 24.3 Å². The van der Waals surface area contributed by atoms with E-state index in [0.717, 1.165) is 24.7 Å². The zero-order chi connectivity index (χ0) is 47.4. The van der Waals surface area contributed by atoms with E-state index in [1.165, 1.54) is 6.07 Å². The number of fused-ring (bicyclic) bond motifs is 3. The molecule has 342 valence electrons. The lowest BCUT2D eigenvalue weighted by atomic mass is 9.65. The number of esters is 3. The molecule has 0 radical (unpaired) electrons. The molecule has 1 spiro atoms. The fraction of sp³-hybridized carbons (Fsp3) is 0.269. The first-order valence-electron chi connectivity index (χ1n) is 21.7. The van der Waals surface area contributed by atoms with Crippen molar-refractivity contribution >= 4 is 41.4 Å². The molecule has 0 aromatic heterocycles. The molecule has 2 saturated heterocycles. The number of ether oxygens (including phenoxy) is 4. The predicted molar refractivity (Wildman–Crippen MR) is 243 cm³/mol. The first-order chi connectivity index (χ1) is 32.5. The van der Waals surface area contributed by atoms with Gasteiger partial charge in [-0.15, -0.1) is 0 Å². The first kappa shape index (κ1) is 45.8. The van der Waals surface area contributed by atoms with Gasteiger partial charge in [-0.05, 0) is 65.1 Å². The Kier molecular flexibility index (Phi) is 13.2. The summed E-state index contributed by atoms with van der Waals surface area (Å²) in [5.41, 5.74) is 7.39. The smallest absolute Gasteiger partial charge is 0.329 e. The number of benzene rings is 5. The molecule has 3 heterocycles. The van der Waals surface area contributed by atoms with Gasteiger partial charge in [-0.2, -0.15) is 0 Å². The SMILES string of the molecule is COC(=O)C(CC#Cc1ccc2c(c1)C1(C(=O)N2C(=O)NC(C)c2ccccc2)C(C(N)=O)C2C(=O)OC(c3ccccc3)C(c3ccccc3)N2C1c1cccc(OCCO)c1)C(=O)OC. The highest BCUT2D eigenvalue weighted by atomic mass is 16.6. The molecule has 4 N–H and O–H groups in total. The van der Waals surface area contributed by atoms with Crippen molar-refractivity contribution in [3.8, 4) is 17.6 Å². The van der Waals surface area contributed by atoms with Gasteiger partial charge in [0.1, 0.15) is 29.9 Å². The number of hydrogen-bond acceptors (Lipinski definition) is 12. The highest BCUT2D eigenvalue weighted by Crippen LogP contribution is 2.66. The Hall–Kier alpha value is -7.80. The fourth-order valence-electron chi connectivity index (χ4n) is 9.83. The molecule has 3 aliphatic rings. The van der Waals surface area contributed by atoms with Crippen molar-refractivity contribution in [2.75, 3.05) is 32.3 Å². The highest BCUT2D eigenvalue weighted by Gasteiger charge is 2.75. The Bertz CT molecular complexity index is 2740. The number of carbonyl (C=O) groups excluding carboxylic acids is 6. The molecule has 15 heteroatoms. The summed E-state index contributed by atoms with van der Waals surface area (Å²) in [5.74, 6) is -1.23. The van der Waals surface area contributed by atoms with Crippen molar-refractivity contribution in [1.29, 1.82) is 0 Å². The maximum Gasteiger partial charge on any atom is 0.329 e. The van der Waals surface area contributed by atoms with Gasteiger partial charge < -0.3 is 35.1 Å². The number of cyclic esters (lactones) is 1. The summed E-state index contributed by atoms with van der Waals surface area (Å²) in [7, 11) is 2.28. The summed E-state index contributed by atoms with van der Waals surface area (Å²) < 4.78 is 22.0. The van der Waals surface area contributed by atoms with E-state index in [4.69, 9.17) is 24.7 Å². The average Bonchev–Trinajstić information content (AvgIpc) is 3.81. The summed E-state index contributed by atoms with van der Waals surface area (Å²) in [6.45, 7) is 1.41. The second-order valence-corrected chi connectivity index (χ2v) is 16.4. The number of amides is 4. The Balaban J connectivity index is 1.40. The number of urea groups is 1. The van der Waals surface area contributed by atoms with Crippen LogP contribution in [0.2, 0.25) is 0 Å². The van der Waals surface area contributed by atoms with Crippen molar-refractivity contribution in [2.45, 2.75) is 49.0 Å². The molecular weight excluding hydrogens is 857 g/mol. The van der Waals surface area contributed by atoms with E-state index >= 15 is 9.59 Å². The number of rotatable bonds is 12. The number of primary amides is 1. The number of carbonyl (C=O) groups is 6. The van der Waals surface area contributed by atoms with Gasteiger partial charge in [0, 0.05) is 12.0 Å². The maximum atomic E-state index is 16.3. The van der Waals surface area contributed by atoms with Crippen LogP contribution in [0.5, 0.6) is 5.75 Å². The van der Waals surface area contributed by atoms with Gasteiger partial charge in [0.15, 0.2) is 5.92 Å². The number of imide groups is 1. The van der Waals surface area contributed by atoms with Crippen LogP contribution in [-0.2, 0) is 43.6 Å². The quantitative estimate of drug-likeness (QED) is 0.0625. The van der Waals surface area contributed by atoms with Crippen molar-refractivity contribution in [3.05, 3.63) is 167 Å². The van der Waals surface area contributed by atoms with E-state index in [1.54, 1.807) is 43.3 Å². The molecule has 4 amide bonds. The third-order valence-electron chi connectivity index (χ3n) is 12.7. The number of methoxy groups -OCH3 is 2. The number of anilines is 1. The van der Waals surface area contributed by atoms with Crippen LogP contribution < -0.4 is 20.7 Å². The van der Waals surface area contributed by atoms with Crippen LogP contribution in [0.3, 0.4) is 0 Å². The molecule has 7 unspecified atom stereocenters. The number of aliphatic hydroxyl groups is 1. The molecular formula is C52H48N4O11. The summed E-state index contributed by atoms with van der Waals surface area (Å²) in [4.78, 5) is 88.6. The molecule has 5 aromatic rings. The van der Waals surface area contributed by atoms with E-state index in [2.05, 4.69) is 17.2 Å². The number of nitrogens with two attached hydrogens (primary N) is 1. The van der Waals surface area contributed by atoms with Crippen LogP contribution in [0.1, 0.15) is 71.0 Å². The van der Waals surface area contributed by atoms with Crippen LogP contribution >= 0.6 is 0 Å². The topological polar surface area (TPSA) is 204 Å². The van der Waals surface area contributed by atoms with Gasteiger partial charge in [0.2, 0.25) is 11.8 Å². The van der Waals surface area contributed by atoms with Crippen LogP contribution in [0.4, 0.5) is 10.5 Å². The van der Waals surface area contributed by atoms with Crippen molar-refractivity contribution in [2.24, 2.45) is 17.6 Å². The van der Waals surface area contributed by atoms with E-state index < -0.39 is 83.3 Å². The molecule has 0 bridgehead atoms. The summed E-state index contributed by atoms with van der Waals surface area (Å²) >= 11 is 0. The van der Waals surface area contributed by atoms with Gasteiger partial charge in [-0.1, -0.05) is 115 Å². The van der Waals surface area contributed by atoms with Crippen molar-refractivity contribution in [3.63, 3.8) is 0 Å². The zero-order valence-corrected chi connectivity index (χ0v) is 36.9. The molecule has 5 aromatic carbocycles. The van der Waals surface area contributed by atoms with Crippen LogP contribution in [0, 0.1) is 23.7 Å². The zero-order valence-electron chi connectivity index (χ0n) is 36.9. The number of nitrogens with one attached hydrogen (secondary N) is 1. The normalized spacial score (nSPS) is 22.2. The summed E-state index contributed by atoms with van der Waals surface area (Å²) in [5, 5.41) is 12.7. The molecule has 15 nitrogen and oxygen atoms in total. The second-order valence-electron chi connectivity index (χ2n) is 16.4. The van der Waals surface area contributed by atoms with Gasteiger partial charge in [-0.25, -0.2) is 9.69 Å². The first-order valence-corrected chi connectivity index (χ1v) is 21.7. The van der Waals surface area contributed by atoms with Gasteiger partial charge in [0.05, 0.1) is 50.6 Å².